The zero-order chi connectivity index (χ0) is 24.7. The van der Waals surface area contributed by atoms with Gasteiger partial charge < -0.3 is 19.6 Å². The van der Waals surface area contributed by atoms with Crippen molar-refractivity contribution < 1.29 is 22.5 Å². The zero-order valence-corrected chi connectivity index (χ0v) is 19.7. The van der Waals surface area contributed by atoms with Gasteiger partial charge in [0, 0.05) is 43.3 Å². The maximum Gasteiger partial charge on any atom is 0.433 e. The number of aromatic nitrogens is 3. The summed E-state index contributed by atoms with van der Waals surface area (Å²) in [6.45, 7) is 5.24. The summed E-state index contributed by atoms with van der Waals surface area (Å²) in [7, 11) is 0. The molecule has 0 aliphatic carbocycles. The number of hydrogen-bond donors (Lipinski definition) is 1. The second-order valence-corrected chi connectivity index (χ2v) is 8.98. The van der Waals surface area contributed by atoms with Gasteiger partial charge in [-0.05, 0) is 48.4 Å². The molecule has 0 unspecified atom stereocenters. The molecule has 2 amide bonds. The van der Waals surface area contributed by atoms with Crippen LogP contribution in [0.5, 0.6) is 0 Å². The molecule has 1 N–H and O–H groups in total. The number of carbonyl (C=O) groups excluding carboxylic acids is 1. The summed E-state index contributed by atoms with van der Waals surface area (Å²) in [5, 5.41) is 10.9. The number of thiophene rings is 1. The highest BCUT2D eigenvalue weighted by atomic mass is 32.1. The number of piperazine rings is 1. The lowest BCUT2D eigenvalue weighted by molar-refractivity contribution is -0.140. The molecular weight excluding hydrogens is 481 g/mol. The SMILES string of the molecule is Cc1noc(C)c1NC(=O)N1CCN(c2ncc(-c3ccsc3)c3nc(C(F)(F)F)ccc23)CC1. The Bertz CT molecular complexity index is 1360. The van der Waals surface area contributed by atoms with Gasteiger partial charge in [-0.3, -0.25) is 0 Å². The summed E-state index contributed by atoms with van der Waals surface area (Å²) >= 11 is 1.45. The summed E-state index contributed by atoms with van der Waals surface area (Å²) < 4.78 is 45.3. The fraction of sp³-hybridized carbons (Fsp3) is 0.304. The van der Waals surface area contributed by atoms with Gasteiger partial charge in [-0.2, -0.15) is 24.5 Å². The minimum Gasteiger partial charge on any atom is -0.359 e. The second-order valence-electron chi connectivity index (χ2n) is 8.20. The minimum absolute atomic E-state index is 0.252. The summed E-state index contributed by atoms with van der Waals surface area (Å²) in [6, 6.07) is 3.98. The molecule has 182 valence electrons. The number of urea groups is 1. The van der Waals surface area contributed by atoms with Crippen LogP contribution in [-0.2, 0) is 6.18 Å². The number of pyridine rings is 2. The van der Waals surface area contributed by atoms with E-state index in [1.165, 1.54) is 17.4 Å². The smallest absolute Gasteiger partial charge is 0.359 e. The number of carbonyl (C=O) groups is 1. The third-order valence-corrected chi connectivity index (χ3v) is 6.64. The Morgan fingerprint density at radius 3 is 2.54 bits per heavy atom. The molecule has 4 aromatic heterocycles. The van der Waals surface area contributed by atoms with Crippen molar-refractivity contribution in [2.45, 2.75) is 20.0 Å². The Hall–Kier alpha value is -3.67. The van der Waals surface area contributed by atoms with Crippen LogP contribution in [0.1, 0.15) is 17.1 Å². The topological polar surface area (TPSA) is 87.4 Å². The van der Waals surface area contributed by atoms with Crippen molar-refractivity contribution in [3.05, 3.63) is 52.3 Å². The van der Waals surface area contributed by atoms with Crippen molar-refractivity contribution in [3.8, 4) is 11.1 Å². The van der Waals surface area contributed by atoms with E-state index in [4.69, 9.17) is 4.52 Å². The third-order valence-electron chi connectivity index (χ3n) is 5.96. The Morgan fingerprint density at radius 2 is 1.91 bits per heavy atom. The second kappa shape index (κ2) is 8.84. The molecule has 0 bridgehead atoms. The standard InChI is InChI=1S/C23H21F3N6O2S/c1-13-19(14(2)34-30-13)29-22(33)32-8-6-31(7-9-32)21-16-3-4-18(23(24,25)26)28-20(16)17(11-27-21)15-5-10-35-12-15/h3-5,10-12H,6-9H2,1-2H3,(H,29,33). The fourth-order valence-electron chi connectivity index (χ4n) is 4.11. The molecule has 0 spiro atoms. The molecule has 0 saturated carbocycles. The van der Waals surface area contributed by atoms with Crippen LogP contribution in [0.15, 0.2) is 39.7 Å². The quantitative estimate of drug-likeness (QED) is 0.407. The Kier molecular flexibility index (Phi) is 5.83. The van der Waals surface area contributed by atoms with Crippen molar-refractivity contribution >= 4 is 39.8 Å². The maximum absolute atomic E-state index is 13.4. The predicted octanol–water partition coefficient (Wildman–Crippen LogP) is 5.34. The summed E-state index contributed by atoms with van der Waals surface area (Å²) in [5.74, 6) is 1.08. The number of anilines is 2. The van der Waals surface area contributed by atoms with Gasteiger partial charge in [-0.15, -0.1) is 0 Å². The van der Waals surface area contributed by atoms with Crippen molar-refractivity contribution in [1.29, 1.82) is 0 Å². The molecule has 0 radical (unpaired) electrons. The van der Waals surface area contributed by atoms with E-state index in [1.54, 1.807) is 24.9 Å². The highest BCUT2D eigenvalue weighted by Gasteiger charge is 2.33. The van der Waals surface area contributed by atoms with Gasteiger partial charge in [0.15, 0.2) is 5.76 Å². The molecule has 1 saturated heterocycles. The molecule has 1 aliphatic heterocycles. The van der Waals surface area contributed by atoms with Crippen LogP contribution in [-0.4, -0.2) is 52.2 Å². The number of nitrogens with zero attached hydrogens (tertiary/aromatic N) is 5. The average Bonchev–Trinajstić information content (AvgIpc) is 3.49. The van der Waals surface area contributed by atoms with Gasteiger partial charge in [-0.1, -0.05) is 5.16 Å². The zero-order valence-electron chi connectivity index (χ0n) is 18.9. The molecule has 0 atom stereocenters. The number of aryl methyl sites for hydroxylation is 2. The van der Waals surface area contributed by atoms with Gasteiger partial charge in [-0.25, -0.2) is 14.8 Å². The molecular formula is C23H21F3N6O2S. The first-order valence-electron chi connectivity index (χ1n) is 10.9. The number of amides is 2. The number of fused-ring (bicyclic) bond motifs is 1. The first kappa shape index (κ1) is 23.1. The van der Waals surface area contributed by atoms with Crippen LogP contribution >= 0.6 is 11.3 Å². The van der Waals surface area contributed by atoms with Crippen molar-refractivity contribution in [3.63, 3.8) is 0 Å². The van der Waals surface area contributed by atoms with Gasteiger partial charge in [0.1, 0.15) is 22.9 Å². The number of hydrogen-bond acceptors (Lipinski definition) is 7. The van der Waals surface area contributed by atoms with Crippen LogP contribution in [0.4, 0.5) is 29.5 Å². The molecule has 35 heavy (non-hydrogen) atoms. The maximum atomic E-state index is 13.4. The number of alkyl halides is 3. The molecule has 1 fully saturated rings. The van der Waals surface area contributed by atoms with Crippen molar-refractivity contribution in [2.24, 2.45) is 0 Å². The van der Waals surface area contributed by atoms with Crippen molar-refractivity contribution in [2.75, 3.05) is 36.4 Å². The van der Waals surface area contributed by atoms with Crippen LogP contribution in [0.3, 0.4) is 0 Å². The molecule has 8 nitrogen and oxygen atoms in total. The van der Waals surface area contributed by atoms with Crippen LogP contribution in [0.25, 0.3) is 22.0 Å². The van der Waals surface area contributed by atoms with Gasteiger partial charge in [0.25, 0.3) is 0 Å². The predicted molar refractivity (Wildman–Crippen MR) is 127 cm³/mol. The van der Waals surface area contributed by atoms with Crippen LogP contribution in [0, 0.1) is 13.8 Å². The van der Waals surface area contributed by atoms with E-state index in [0.29, 0.717) is 60.1 Å². The van der Waals surface area contributed by atoms with E-state index in [1.807, 2.05) is 21.7 Å². The fourth-order valence-corrected chi connectivity index (χ4v) is 4.76. The van der Waals surface area contributed by atoms with E-state index < -0.39 is 11.9 Å². The largest absolute Gasteiger partial charge is 0.433 e. The number of rotatable bonds is 3. The lowest BCUT2D eigenvalue weighted by Gasteiger charge is -2.35. The van der Waals surface area contributed by atoms with Gasteiger partial charge in [0.2, 0.25) is 0 Å². The van der Waals surface area contributed by atoms with Crippen molar-refractivity contribution in [1.82, 2.24) is 20.0 Å². The molecule has 5 heterocycles. The Morgan fingerprint density at radius 1 is 1.14 bits per heavy atom. The lowest BCUT2D eigenvalue weighted by Crippen LogP contribution is -2.50. The molecule has 5 rings (SSSR count). The summed E-state index contributed by atoms with van der Waals surface area (Å²) in [5.41, 5.74) is 1.78. The summed E-state index contributed by atoms with van der Waals surface area (Å²) in [4.78, 5) is 25.0. The van der Waals surface area contributed by atoms with Crippen LogP contribution < -0.4 is 10.2 Å². The lowest BCUT2D eigenvalue weighted by atomic mass is 10.1. The minimum atomic E-state index is -4.55. The van der Waals surface area contributed by atoms with E-state index >= 15 is 0 Å². The number of halogens is 3. The highest BCUT2D eigenvalue weighted by molar-refractivity contribution is 7.08. The monoisotopic (exact) mass is 502 g/mol. The average molecular weight is 503 g/mol. The highest BCUT2D eigenvalue weighted by Crippen LogP contribution is 2.36. The molecule has 12 heteroatoms. The third kappa shape index (κ3) is 4.41. The Balaban J connectivity index is 1.41. The van der Waals surface area contributed by atoms with Gasteiger partial charge in [0.05, 0.1) is 5.52 Å². The van der Waals surface area contributed by atoms with E-state index in [2.05, 4.69) is 20.4 Å². The molecule has 4 aromatic rings. The first-order chi connectivity index (χ1) is 16.7. The van der Waals surface area contributed by atoms with Crippen LogP contribution in [0.2, 0.25) is 0 Å². The van der Waals surface area contributed by atoms with Gasteiger partial charge >= 0.3 is 12.2 Å². The van der Waals surface area contributed by atoms with E-state index in [0.717, 1.165) is 11.6 Å². The molecule has 0 aromatic carbocycles. The first-order valence-corrected chi connectivity index (χ1v) is 11.8. The normalized spacial score (nSPS) is 14.5. The summed E-state index contributed by atoms with van der Waals surface area (Å²) in [6.07, 6.45) is -2.98. The van der Waals surface area contributed by atoms with E-state index in [9.17, 15) is 18.0 Å². The Labute approximate surface area is 202 Å². The number of nitrogens with one attached hydrogen (secondary N) is 1. The molecule has 1 aliphatic rings. The van der Waals surface area contributed by atoms with E-state index in [-0.39, 0.29) is 11.5 Å².